The zero-order chi connectivity index (χ0) is 18.9. The van der Waals surface area contributed by atoms with E-state index in [2.05, 4.69) is 5.32 Å². The molecule has 140 valence electrons. The number of hydrogen-bond acceptors (Lipinski definition) is 5. The molecule has 25 heavy (non-hydrogen) atoms. The minimum atomic E-state index is -3.49. The van der Waals surface area contributed by atoms with Crippen molar-refractivity contribution in [1.82, 2.24) is 9.62 Å². The average molecular weight is 370 g/mol. The van der Waals surface area contributed by atoms with Gasteiger partial charge in [0.1, 0.15) is 0 Å². The summed E-state index contributed by atoms with van der Waals surface area (Å²) in [5, 5.41) is 2.78. The Labute approximate surface area is 149 Å². The van der Waals surface area contributed by atoms with Gasteiger partial charge in [-0.25, -0.2) is 12.7 Å². The molecule has 0 bridgehead atoms. The Morgan fingerprint density at radius 1 is 1.08 bits per heavy atom. The van der Waals surface area contributed by atoms with E-state index in [0.29, 0.717) is 25.1 Å². The number of esters is 1. The van der Waals surface area contributed by atoms with Gasteiger partial charge in [-0.05, 0) is 44.0 Å². The number of carbonyl (C=O) groups excluding carboxylic acids is 2. The first kappa shape index (κ1) is 21.1. The first-order chi connectivity index (χ1) is 11.8. The number of benzene rings is 1. The zero-order valence-corrected chi connectivity index (χ0v) is 15.8. The molecular formula is C17H26N2O5S. The van der Waals surface area contributed by atoms with Gasteiger partial charge in [0.25, 0.3) is 5.91 Å². The quantitative estimate of drug-likeness (QED) is 0.501. The van der Waals surface area contributed by atoms with Crippen molar-refractivity contribution in [3.05, 3.63) is 29.8 Å². The van der Waals surface area contributed by atoms with Crippen molar-refractivity contribution in [2.75, 3.05) is 27.2 Å². The van der Waals surface area contributed by atoms with Crippen LogP contribution in [0.25, 0.3) is 0 Å². The molecule has 1 N–H and O–H groups in total. The van der Waals surface area contributed by atoms with Crippen molar-refractivity contribution in [2.45, 2.75) is 37.5 Å². The Hall–Kier alpha value is -1.93. The van der Waals surface area contributed by atoms with Gasteiger partial charge in [0.15, 0.2) is 0 Å². The molecule has 1 aromatic rings. The SMILES string of the molecule is CCOC(=O)CCCCCNC(=O)c1ccc(S(=O)(=O)N(C)C)cc1. The summed E-state index contributed by atoms with van der Waals surface area (Å²) in [6.07, 6.45) is 2.70. The van der Waals surface area contributed by atoms with Gasteiger partial charge in [-0.1, -0.05) is 6.42 Å². The highest BCUT2D eigenvalue weighted by Gasteiger charge is 2.17. The van der Waals surface area contributed by atoms with Crippen molar-refractivity contribution < 1.29 is 22.7 Å². The molecular weight excluding hydrogens is 344 g/mol. The first-order valence-electron chi connectivity index (χ1n) is 8.25. The maximum atomic E-state index is 12.0. The van der Waals surface area contributed by atoms with Crippen LogP contribution in [0.3, 0.4) is 0 Å². The van der Waals surface area contributed by atoms with E-state index in [4.69, 9.17) is 4.74 Å². The molecule has 0 aromatic heterocycles. The van der Waals surface area contributed by atoms with Crippen molar-refractivity contribution in [1.29, 1.82) is 0 Å². The van der Waals surface area contributed by atoms with Gasteiger partial charge < -0.3 is 10.1 Å². The summed E-state index contributed by atoms with van der Waals surface area (Å²) in [6, 6.07) is 5.83. The highest BCUT2D eigenvalue weighted by molar-refractivity contribution is 7.89. The van der Waals surface area contributed by atoms with Crippen molar-refractivity contribution >= 4 is 21.9 Å². The van der Waals surface area contributed by atoms with Crippen LogP contribution in [0.5, 0.6) is 0 Å². The number of hydrogen-bond donors (Lipinski definition) is 1. The number of ether oxygens (including phenoxy) is 1. The number of nitrogens with one attached hydrogen (secondary N) is 1. The largest absolute Gasteiger partial charge is 0.466 e. The number of unbranched alkanes of at least 4 members (excludes halogenated alkanes) is 2. The summed E-state index contributed by atoms with van der Waals surface area (Å²) < 4.78 is 29.9. The zero-order valence-electron chi connectivity index (χ0n) is 14.9. The first-order valence-corrected chi connectivity index (χ1v) is 9.69. The van der Waals surface area contributed by atoms with Gasteiger partial charge in [0, 0.05) is 32.6 Å². The Morgan fingerprint density at radius 3 is 2.28 bits per heavy atom. The van der Waals surface area contributed by atoms with Crippen LogP contribution in [0.1, 0.15) is 43.0 Å². The molecule has 0 spiro atoms. The van der Waals surface area contributed by atoms with Crippen molar-refractivity contribution in [3.63, 3.8) is 0 Å². The molecule has 0 aliphatic rings. The molecule has 0 atom stereocenters. The average Bonchev–Trinajstić information content (AvgIpc) is 2.58. The van der Waals surface area contributed by atoms with Crippen LogP contribution in [0.15, 0.2) is 29.2 Å². The van der Waals surface area contributed by atoms with Crippen LogP contribution in [-0.4, -0.2) is 51.8 Å². The van der Waals surface area contributed by atoms with Crippen LogP contribution in [0.2, 0.25) is 0 Å². The molecule has 1 amide bonds. The molecule has 1 aromatic carbocycles. The maximum absolute atomic E-state index is 12.0. The van der Waals surface area contributed by atoms with E-state index in [1.165, 1.54) is 38.4 Å². The fraction of sp³-hybridized carbons (Fsp3) is 0.529. The number of sulfonamides is 1. The summed E-state index contributed by atoms with van der Waals surface area (Å²) in [7, 11) is -0.582. The second kappa shape index (κ2) is 10.1. The molecule has 0 saturated carbocycles. The van der Waals surface area contributed by atoms with Crippen LogP contribution < -0.4 is 5.32 Å². The molecule has 0 fully saturated rings. The molecule has 0 heterocycles. The predicted octanol–water partition coefficient (Wildman–Crippen LogP) is 1.79. The second-order valence-corrected chi connectivity index (χ2v) is 7.84. The minimum absolute atomic E-state index is 0.146. The van der Waals surface area contributed by atoms with Gasteiger partial charge in [0.2, 0.25) is 10.0 Å². The smallest absolute Gasteiger partial charge is 0.305 e. The fourth-order valence-electron chi connectivity index (χ4n) is 2.10. The van der Waals surface area contributed by atoms with Crippen LogP contribution in [-0.2, 0) is 19.6 Å². The standard InChI is InChI=1S/C17H26N2O5S/c1-4-24-16(20)8-6-5-7-13-18-17(21)14-9-11-15(12-10-14)25(22,23)19(2)3/h9-12H,4-8,13H2,1-3H3,(H,18,21). The molecule has 0 saturated heterocycles. The van der Waals surface area contributed by atoms with E-state index in [-0.39, 0.29) is 16.8 Å². The van der Waals surface area contributed by atoms with Gasteiger partial charge in [-0.15, -0.1) is 0 Å². The number of nitrogens with zero attached hydrogens (tertiary/aromatic N) is 1. The van der Waals surface area contributed by atoms with Gasteiger partial charge in [-0.2, -0.15) is 0 Å². The van der Waals surface area contributed by atoms with Crippen molar-refractivity contribution in [2.24, 2.45) is 0 Å². The lowest BCUT2D eigenvalue weighted by Gasteiger charge is -2.11. The molecule has 0 aliphatic carbocycles. The minimum Gasteiger partial charge on any atom is -0.466 e. The molecule has 0 aliphatic heterocycles. The predicted molar refractivity (Wildman–Crippen MR) is 94.7 cm³/mol. The van der Waals surface area contributed by atoms with Gasteiger partial charge >= 0.3 is 5.97 Å². The Morgan fingerprint density at radius 2 is 1.72 bits per heavy atom. The van der Waals surface area contributed by atoms with E-state index in [1.807, 2.05) is 0 Å². The molecule has 0 radical (unpaired) electrons. The summed E-state index contributed by atoms with van der Waals surface area (Å²) in [5.41, 5.74) is 0.407. The Bertz CT molecular complexity index is 669. The van der Waals surface area contributed by atoms with Gasteiger partial charge in [-0.3, -0.25) is 9.59 Å². The maximum Gasteiger partial charge on any atom is 0.305 e. The normalized spacial score (nSPS) is 11.4. The van der Waals surface area contributed by atoms with E-state index >= 15 is 0 Å². The third kappa shape index (κ3) is 6.83. The Balaban J connectivity index is 2.37. The van der Waals surface area contributed by atoms with E-state index < -0.39 is 10.0 Å². The number of carbonyl (C=O) groups is 2. The summed E-state index contributed by atoms with van der Waals surface area (Å²) in [5.74, 6) is -0.446. The fourth-order valence-corrected chi connectivity index (χ4v) is 3.00. The molecule has 8 heteroatoms. The number of rotatable bonds is 10. The van der Waals surface area contributed by atoms with Gasteiger partial charge in [0.05, 0.1) is 11.5 Å². The lowest BCUT2D eigenvalue weighted by atomic mass is 10.2. The van der Waals surface area contributed by atoms with Crippen molar-refractivity contribution in [3.8, 4) is 0 Å². The van der Waals surface area contributed by atoms with E-state index in [1.54, 1.807) is 6.92 Å². The summed E-state index contributed by atoms with van der Waals surface area (Å²) in [4.78, 5) is 23.3. The Kier molecular flexibility index (Phi) is 8.57. The molecule has 7 nitrogen and oxygen atoms in total. The van der Waals surface area contributed by atoms with Crippen LogP contribution in [0.4, 0.5) is 0 Å². The molecule has 1 rings (SSSR count). The highest BCUT2D eigenvalue weighted by Crippen LogP contribution is 2.14. The summed E-state index contributed by atoms with van der Waals surface area (Å²) >= 11 is 0. The third-order valence-electron chi connectivity index (χ3n) is 3.54. The number of amides is 1. The summed E-state index contributed by atoms with van der Waals surface area (Å²) in [6.45, 7) is 2.67. The van der Waals surface area contributed by atoms with E-state index in [0.717, 1.165) is 23.6 Å². The van der Waals surface area contributed by atoms with E-state index in [9.17, 15) is 18.0 Å². The second-order valence-electron chi connectivity index (χ2n) is 5.68. The highest BCUT2D eigenvalue weighted by atomic mass is 32.2. The monoisotopic (exact) mass is 370 g/mol. The lowest BCUT2D eigenvalue weighted by Crippen LogP contribution is -2.25. The lowest BCUT2D eigenvalue weighted by molar-refractivity contribution is -0.143. The molecule has 0 unspecified atom stereocenters. The topological polar surface area (TPSA) is 92.8 Å². The van der Waals surface area contributed by atoms with Crippen LogP contribution >= 0.6 is 0 Å². The third-order valence-corrected chi connectivity index (χ3v) is 5.37. The van der Waals surface area contributed by atoms with Crippen LogP contribution in [0, 0.1) is 0 Å².